The van der Waals surface area contributed by atoms with Crippen LogP contribution in [0.15, 0.2) is 66.6 Å². The molecule has 0 unspecified atom stereocenters. The zero-order valence-corrected chi connectivity index (χ0v) is 18.2. The third kappa shape index (κ3) is 3.57. The van der Waals surface area contributed by atoms with Crippen LogP contribution in [0.4, 0.5) is 8.78 Å². The molecule has 0 radical (unpaired) electrons. The summed E-state index contributed by atoms with van der Waals surface area (Å²) in [7, 11) is 0. The molecule has 4 nitrogen and oxygen atoms in total. The minimum Gasteiger partial charge on any atom is -0.488 e. The van der Waals surface area contributed by atoms with E-state index < -0.39 is 11.6 Å². The van der Waals surface area contributed by atoms with Crippen molar-refractivity contribution in [2.24, 2.45) is 0 Å². The largest absolute Gasteiger partial charge is 0.488 e. The van der Waals surface area contributed by atoms with Gasteiger partial charge < -0.3 is 14.0 Å². The van der Waals surface area contributed by atoms with Gasteiger partial charge in [0.25, 0.3) is 0 Å². The first kappa shape index (κ1) is 20.9. The number of rotatable bonds is 5. The van der Waals surface area contributed by atoms with Crippen LogP contribution < -0.4 is 9.47 Å². The summed E-state index contributed by atoms with van der Waals surface area (Å²) >= 11 is 0. The molecular formula is C27H21F2NO3. The molecule has 0 N–H and O–H groups in total. The highest BCUT2D eigenvalue weighted by Gasteiger charge is 2.30. The topological polar surface area (TPSA) is 40.5 Å². The van der Waals surface area contributed by atoms with E-state index in [-0.39, 0.29) is 23.7 Å². The van der Waals surface area contributed by atoms with E-state index in [4.69, 9.17) is 9.47 Å². The second-order valence-corrected chi connectivity index (χ2v) is 7.88. The summed E-state index contributed by atoms with van der Waals surface area (Å²) in [6, 6.07) is 14.9. The Hall–Kier alpha value is -3.93. The Labute approximate surface area is 189 Å². The molecule has 166 valence electrons. The van der Waals surface area contributed by atoms with Crippen LogP contribution in [-0.2, 0) is 13.2 Å². The van der Waals surface area contributed by atoms with Gasteiger partial charge in [-0.25, -0.2) is 8.78 Å². The summed E-state index contributed by atoms with van der Waals surface area (Å²) in [5, 5.41) is 1.03. The quantitative estimate of drug-likeness (QED) is 0.332. The molecule has 0 aliphatic carbocycles. The Balaban J connectivity index is 1.45. The molecule has 0 bridgehead atoms. The minimum absolute atomic E-state index is 0.151. The molecular weight excluding hydrogens is 424 g/mol. The molecule has 0 amide bonds. The van der Waals surface area contributed by atoms with Gasteiger partial charge in [-0.1, -0.05) is 24.3 Å². The van der Waals surface area contributed by atoms with Crippen molar-refractivity contribution in [1.29, 1.82) is 0 Å². The Bertz CT molecular complexity index is 1410. The van der Waals surface area contributed by atoms with E-state index in [1.807, 2.05) is 30.5 Å². The lowest BCUT2D eigenvalue weighted by molar-refractivity contribution is 0.101. The fraction of sp³-hybridized carbons (Fsp3) is 0.148. The molecule has 5 rings (SSSR count). The second kappa shape index (κ2) is 8.20. The number of hydrogen-bond acceptors (Lipinski definition) is 3. The molecule has 1 aromatic heterocycles. The van der Waals surface area contributed by atoms with E-state index in [1.165, 1.54) is 18.2 Å². The Kier molecular flexibility index (Phi) is 5.21. The van der Waals surface area contributed by atoms with Crippen molar-refractivity contribution in [2.75, 3.05) is 0 Å². The Morgan fingerprint density at radius 1 is 1.03 bits per heavy atom. The number of allylic oxidation sites excluding steroid dienone is 1. The number of fused-ring (bicyclic) bond motifs is 2. The van der Waals surface area contributed by atoms with Crippen LogP contribution in [-0.4, -0.2) is 10.4 Å². The standard InChI is InChI=1S/C27H21F2NO3/c1-3-30-14-17(18-7-4-5-10-23(18)30)13-25-26(31)19-11-12-24(16(2)27(19)33-25)32-15-20-21(28)8-6-9-22(20)29/h4-14H,3,15H2,1-2H3/b25-13-. The third-order valence-corrected chi connectivity index (χ3v) is 5.92. The van der Waals surface area contributed by atoms with Crippen LogP contribution in [0.5, 0.6) is 11.5 Å². The highest BCUT2D eigenvalue weighted by molar-refractivity contribution is 6.15. The molecule has 0 saturated heterocycles. The number of ketones is 1. The Morgan fingerprint density at radius 3 is 2.55 bits per heavy atom. The number of nitrogens with zero attached hydrogens (tertiary/aromatic N) is 1. The molecule has 0 fully saturated rings. The fourth-order valence-corrected chi connectivity index (χ4v) is 4.14. The normalized spacial score (nSPS) is 14.1. The van der Waals surface area contributed by atoms with Gasteiger partial charge in [0.05, 0.1) is 11.1 Å². The van der Waals surface area contributed by atoms with Crippen LogP contribution in [0.3, 0.4) is 0 Å². The lowest BCUT2D eigenvalue weighted by Crippen LogP contribution is -2.03. The van der Waals surface area contributed by atoms with E-state index >= 15 is 0 Å². The number of aromatic nitrogens is 1. The van der Waals surface area contributed by atoms with Gasteiger partial charge in [-0.3, -0.25) is 4.79 Å². The number of para-hydroxylation sites is 1. The van der Waals surface area contributed by atoms with E-state index in [9.17, 15) is 13.6 Å². The average Bonchev–Trinajstić information content (AvgIpc) is 3.33. The number of ether oxygens (including phenoxy) is 2. The maximum atomic E-state index is 13.9. The summed E-state index contributed by atoms with van der Waals surface area (Å²) < 4.78 is 41.6. The number of benzene rings is 3. The van der Waals surface area contributed by atoms with E-state index in [1.54, 1.807) is 25.1 Å². The predicted molar refractivity (Wildman–Crippen MR) is 122 cm³/mol. The van der Waals surface area contributed by atoms with E-state index in [0.717, 1.165) is 23.0 Å². The SMILES string of the molecule is CCn1cc(/C=C2\Oc3c(ccc(OCc4c(F)cccc4F)c3C)C2=O)c2ccccc21. The van der Waals surface area contributed by atoms with E-state index in [2.05, 4.69) is 11.5 Å². The molecule has 2 heterocycles. The number of aryl methyl sites for hydroxylation is 1. The summed E-state index contributed by atoms with van der Waals surface area (Å²) in [5.74, 6) is -0.532. The van der Waals surface area contributed by atoms with Crippen molar-refractivity contribution < 1.29 is 23.0 Å². The highest BCUT2D eigenvalue weighted by Crippen LogP contribution is 2.40. The lowest BCUT2D eigenvalue weighted by Gasteiger charge is -2.12. The molecule has 4 aromatic rings. The average molecular weight is 445 g/mol. The monoisotopic (exact) mass is 445 g/mol. The summed E-state index contributed by atoms with van der Waals surface area (Å²) in [5.41, 5.74) is 2.86. The molecule has 1 aliphatic heterocycles. The maximum Gasteiger partial charge on any atom is 0.231 e. The first-order chi connectivity index (χ1) is 16.0. The zero-order valence-electron chi connectivity index (χ0n) is 18.2. The highest BCUT2D eigenvalue weighted by atomic mass is 19.1. The number of halogens is 2. The predicted octanol–water partition coefficient (Wildman–Crippen LogP) is 6.44. The number of carbonyl (C=O) groups excluding carboxylic acids is 1. The van der Waals surface area contributed by atoms with Crippen molar-refractivity contribution in [3.63, 3.8) is 0 Å². The van der Waals surface area contributed by atoms with Crippen molar-refractivity contribution in [3.05, 3.63) is 100 Å². The first-order valence-corrected chi connectivity index (χ1v) is 10.7. The molecule has 0 saturated carbocycles. The number of hydrogen-bond donors (Lipinski definition) is 0. The van der Waals surface area contributed by atoms with Crippen molar-refractivity contribution >= 4 is 22.8 Å². The lowest BCUT2D eigenvalue weighted by atomic mass is 10.1. The molecule has 1 aliphatic rings. The van der Waals surface area contributed by atoms with Crippen molar-refractivity contribution in [3.8, 4) is 11.5 Å². The van der Waals surface area contributed by atoms with Crippen LogP contribution >= 0.6 is 0 Å². The Morgan fingerprint density at radius 2 is 1.79 bits per heavy atom. The fourth-order valence-electron chi connectivity index (χ4n) is 4.14. The number of Topliss-reactive ketones (excluding diaryl/α,β-unsaturated/α-hetero) is 1. The van der Waals surface area contributed by atoms with Gasteiger partial charge in [0.1, 0.15) is 29.7 Å². The molecule has 0 spiro atoms. The van der Waals surface area contributed by atoms with Gasteiger partial charge >= 0.3 is 0 Å². The smallest absolute Gasteiger partial charge is 0.231 e. The van der Waals surface area contributed by atoms with Crippen LogP contribution in [0, 0.1) is 18.6 Å². The van der Waals surface area contributed by atoms with Gasteiger partial charge in [-0.2, -0.15) is 0 Å². The molecule has 6 heteroatoms. The maximum absolute atomic E-state index is 13.9. The zero-order chi connectivity index (χ0) is 23.1. The van der Waals surface area contributed by atoms with Crippen LogP contribution in [0.2, 0.25) is 0 Å². The summed E-state index contributed by atoms with van der Waals surface area (Å²) in [6.07, 6.45) is 3.76. The minimum atomic E-state index is -0.670. The van der Waals surface area contributed by atoms with Crippen LogP contribution in [0.25, 0.3) is 17.0 Å². The van der Waals surface area contributed by atoms with Gasteiger partial charge in [-0.05, 0) is 50.3 Å². The van der Waals surface area contributed by atoms with Crippen LogP contribution in [0.1, 0.15) is 34.0 Å². The summed E-state index contributed by atoms with van der Waals surface area (Å²) in [6.45, 7) is 4.35. The van der Waals surface area contributed by atoms with Gasteiger partial charge in [0, 0.05) is 34.8 Å². The van der Waals surface area contributed by atoms with Crippen molar-refractivity contribution in [2.45, 2.75) is 27.0 Å². The molecule has 3 aromatic carbocycles. The number of carbonyl (C=O) groups is 1. The summed E-state index contributed by atoms with van der Waals surface area (Å²) in [4.78, 5) is 13.0. The van der Waals surface area contributed by atoms with Gasteiger partial charge in [0.2, 0.25) is 5.78 Å². The third-order valence-electron chi connectivity index (χ3n) is 5.92. The van der Waals surface area contributed by atoms with Crippen molar-refractivity contribution in [1.82, 2.24) is 4.57 Å². The van der Waals surface area contributed by atoms with Gasteiger partial charge in [0.15, 0.2) is 5.76 Å². The second-order valence-electron chi connectivity index (χ2n) is 7.88. The molecule has 0 atom stereocenters. The molecule has 33 heavy (non-hydrogen) atoms. The van der Waals surface area contributed by atoms with E-state index in [0.29, 0.717) is 22.6 Å². The first-order valence-electron chi connectivity index (χ1n) is 10.7. The van der Waals surface area contributed by atoms with Gasteiger partial charge in [-0.15, -0.1) is 0 Å².